The molecule has 0 heterocycles. The van der Waals surface area contributed by atoms with Gasteiger partial charge in [0.2, 0.25) is 5.78 Å². The highest BCUT2D eigenvalue weighted by Crippen LogP contribution is 2.43. The standard InChI is InChI=1S/C18H17ClF3NO5/c1-23(2)13(26)8-28-17-10(19)7-6-9(15(17)18(20,21)22)16(27)14-11(24)4-3-5-12(14)25/h6-7,24H,3-5,8H2,1-2H3. The van der Waals surface area contributed by atoms with E-state index >= 15 is 0 Å². The molecule has 2 rings (SSSR count). The van der Waals surface area contributed by atoms with Crippen LogP contribution < -0.4 is 4.74 Å². The average molecular weight is 420 g/mol. The molecule has 6 nitrogen and oxygen atoms in total. The quantitative estimate of drug-likeness (QED) is 0.582. The van der Waals surface area contributed by atoms with E-state index in [0.717, 1.165) is 17.0 Å². The number of rotatable bonds is 5. The summed E-state index contributed by atoms with van der Waals surface area (Å²) in [6.07, 6.45) is -4.81. The predicted octanol–water partition coefficient (Wildman–Crippen LogP) is 3.57. The zero-order valence-electron chi connectivity index (χ0n) is 15.0. The van der Waals surface area contributed by atoms with Crippen molar-refractivity contribution in [3.63, 3.8) is 0 Å². The van der Waals surface area contributed by atoms with Crippen molar-refractivity contribution in [1.29, 1.82) is 0 Å². The average Bonchev–Trinajstić information content (AvgIpc) is 2.58. The van der Waals surface area contributed by atoms with Crippen LogP contribution in [0, 0.1) is 0 Å². The molecule has 0 bridgehead atoms. The molecule has 0 aliphatic heterocycles. The molecule has 0 radical (unpaired) electrons. The molecule has 0 saturated heterocycles. The van der Waals surface area contributed by atoms with Gasteiger partial charge in [0.05, 0.1) is 5.02 Å². The van der Waals surface area contributed by atoms with Crippen LogP contribution in [-0.2, 0) is 15.8 Å². The van der Waals surface area contributed by atoms with E-state index in [1.165, 1.54) is 14.1 Å². The number of amides is 1. The number of allylic oxidation sites excluding steroid dienone is 2. The fraction of sp³-hybridized carbons (Fsp3) is 0.389. The van der Waals surface area contributed by atoms with Crippen molar-refractivity contribution < 1.29 is 37.4 Å². The molecule has 0 atom stereocenters. The molecule has 1 aromatic carbocycles. The summed E-state index contributed by atoms with van der Waals surface area (Å²) in [7, 11) is 2.78. The molecule has 28 heavy (non-hydrogen) atoms. The van der Waals surface area contributed by atoms with Gasteiger partial charge in [-0.05, 0) is 18.6 Å². The number of ketones is 2. The summed E-state index contributed by atoms with van der Waals surface area (Å²) < 4.78 is 46.2. The van der Waals surface area contributed by atoms with E-state index in [9.17, 15) is 32.7 Å². The van der Waals surface area contributed by atoms with Crippen LogP contribution in [0.3, 0.4) is 0 Å². The fourth-order valence-corrected chi connectivity index (χ4v) is 2.86. The molecule has 10 heteroatoms. The van der Waals surface area contributed by atoms with Crippen molar-refractivity contribution in [3.05, 3.63) is 39.6 Å². The number of Topliss-reactive ketones (excluding diaryl/α,β-unsaturated/α-hetero) is 2. The van der Waals surface area contributed by atoms with Crippen LogP contribution in [0.1, 0.15) is 35.2 Å². The highest BCUT2D eigenvalue weighted by molar-refractivity contribution is 6.33. The summed E-state index contributed by atoms with van der Waals surface area (Å²) in [4.78, 5) is 37.5. The van der Waals surface area contributed by atoms with E-state index in [-0.39, 0.29) is 12.8 Å². The Bertz CT molecular complexity index is 862. The van der Waals surface area contributed by atoms with E-state index in [4.69, 9.17) is 16.3 Å². The van der Waals surface area contributed by atoms with Gasteiger partial charge in [-0.15, -0.1) is 0 Å². The first kappa shape index (κ1) is 21.7. The van der Waals surface area contributed by atoms with E-state index in [1.54, 1.807) is 0 Å². The van der Waals surface area contributed by atoms with E-state index in [1.807, 2.05) is 0 Å². The topological polar surface area (TPSA) is 83.9 Å². The number of benzene rings is 1. The Morgan fingerprint density at radius 2 is 1.89 bits per heavy atom. The van der Waals surface area contributed by atoms with Gasteiger partial charge in [0, 0.05) is 32.5 Å². The van der Waals surface area contributed by atoms with Crippen LogP contribution in [0.2, 0.25) is 5.02 Å². The summed E-state index contributed by atoms with van der Waals surface area (Å²) in [5.74, 6) is -4.06. The van der Waals surface area contributed by atoms with Crippen molar-refractivity contribution in [3.8, 4) is 5.75 Å². The van der Waals surface area contributed by atoms with Crippen LogP contribution in [0.25, 0.3) is 0 Å². The minimum Gasteiger partial charge on any atom is -0.511 e. The molecule has 0 spiro atoms. The maximum absolute atomic E-state index is 13.7. The van der Waals surface area contributed by atoms with Gasteiger partial charge in [0.15, 0.2) is 18.1 Å². The fourth-order valence-electron chi connectivity index (χ4n) is 2.65. The molecule has 1 aliphatic carbocycles. The minimum atomic E-state index is -5.07. The van der Waals surface area contributed by atoms with Crippen molar-refractivity contribution in [2.75, 3.05) is 20.7 Å². The largest absolute Gasteiger partial charge is 0.511 e. The smallest absolute Gasteiger partial charge is 0.420 e. The van der Waals surface area contributed by atoms with Gasteiger partial charge in [-0.2, -0.15) is 13.2 Å². The number of hydrogen-bond acceptors (Lipinski definition) is 5. The van der Waals surface area contributed by atoms with Gasteiger partial charge in [0.1, 0.15) is 16.9 Å². The lowest BCUT2D eigenvalue weighted by molar-refractivity contribution is -0.140. The number of nitrogens with zero attached hydrogens (tertiary/aromatic N) is 1. The monoisotopic (exact) mass is 419 g/mol. The maximum Gasteiger partial charge on any atom is 0.420 e. The number of aliphatic hydroxyl groups excluding tert-OH is 1. The minimum absolute atomic E-state index is 0.0163. The molecule has 0 aromatic heterocycles. The third-order valence-corrected chi connectivity index (χ3v) is 4.39. The summed E-state index contributed by atoms with van der Waals surface area (Å²) in [5.41, 5.74) is -3.06. The van der Waals surface area contributed by atoms with Crippen LogP contribution in [0.15, 0.2) is 23.5 Å². The van der Waals surface area contributed by atoms with Gasteiger partial charge in [-0.3, -0.25) is 14.4 Å². The number of ether oxygens (including phenoxy) is 1. The molecule has 0 unspecified atom stereocenters. The van der Waals surface area contributed by atoms with Crippen molar-refractivity contribution in [2.24, 2.45) is 0 Å². The summed E-state index contributed by atoms with van der Waals surface area (Å²) >= 11 is 5.83. The number of alkyl halides is 3. The van der Waals surface area contributed by atoms with E-state index < -0.39 is 63.5 Å². The van der Waals surface area contributed by atoms with Crippen LogP contribution in [0.4, 0.5) is 13.2 Å². The Labute approximate surface area is 163 Å². The Morgan fingerprint density at radius 3 is 2.43 bits per heavy atom. The predicted molar refractivity (Wildman–Crippen MR) is 93.5 cm³/mol. The van der Waals surface area contributed by atoms with Crippen molar-refractivity contribution in [2.45, 2.75) is 25.4 Å². The first-order valence-electron chi connectivity index (χ1n) is 8.17. The lowest BCUT2D eigenvalue weighted by Gasteiger charge is -2.21. The van der Waals surface area contributed by atoms with Gasteiger partial charge in [0.25, 0.3) is 5.91 Å². The third-order valence-electron chi connectivity index (χ3n) is 4.09. The molecular weight excluding hydrogens is 403 g/mol. The Hall–Kier alpha value is -2.55. The lowest BCUT2D eigenvalue weighted by atomic mass is 9.88. The second kappa shape index (κ2) is 8.22. The number of halogens is 4. The Kier molecular flexibility index (Phi) is 6.38. The number of likely N-dealkylation sites (N-methyl/N-ethyl adjacent to an activating group) is 1. The zero-order valence-corrected chi connectivity index (χ0v) is 15.8. The zero-order chi connectivity index (χ0) is 21.2. The number of hydrogen-bond donors (Lipinski definition) is 1. The van der Waals surface area contributed by atoms with Gasteiger partial charge in [-0.25, -0.2) is 0 Å². The molecule has 0 saturated carbocycles. The van der Waals surface area contributed by atoms with Crippen LogP contribution >= 0.6 is 11.6 Å². The highest BCUT2D eigenvalue weighted by atomic mass is 35.5. The van der Waals surface area contributed by atoms with Gasteiger partial charge >= 0.3 is 6.18 Å². The number of aliphatic hydroxyl groups is 1. The SMILES string of the molecule is CN(C)C(=O)COc1c(Cl)ccc(C(=O)C2=C(O)CCCC2=O)c1C(F)(F)F. The van der Waals surface area contributed by atoms with Crippen molar-refractivity contribution >= 4 is 29.1 Å². The second-order valence-corrected chi connectivity index (χ2v) is 6.71. The van der Waals surface area contributed by atoms with Crippen LogP contribution in [-0.4, -0.2) is 48.2 Å². The van der Waals surface area contributed by atoms with Crippen LogP contribution in [0.5, 0.6) is 5.75 Å². The van der Waals surface area contributed by atoms with E-state index in [2.05, 4.69) is 0 Å². The van der Waals surface area contributed by atoms with Gasteiger partial charge < -0.3 is 14.7 Å². The summed E-state index contributed by atoms with van der Waals surface area (Å²) in [5, 5.41) is 9.42. The molecule has 0 fully saturated rings. The molecule has 1 aromatic rings. The summed E-state index contributed by atoms with van der Waals surface area (Å²) in [6.45, 7) is -0.736. The first-order chi connectivity index (χ1) is 12.9. The first-order valence-corrected chi connectivity index (χ1v) is 8.55. The number of carbonyl (C=O) groups is 3. The Balaban J connectivity index is 2.59. The third kappa shape index (κ3) is 4.46. The van der Waals surface area contributed by atoms with Gasteiger partial charge in [-0.1, -0.05) is 11.6 Å². The normalized spacial score (nSPS) is 14.9. The maximum atomic E-state index is 13.7. The molecule has 1 aliphatic rings. The molecular formula is C18H17ClF3NO5. The Morgan fingerprint density at radius 1 is 1.25 bits per heavy atom. The molecule has 152 valence electrons. The number of carbonyl (C=O) groups excluding carboxylic acids is 3. The highest BCUT2D eigenvalue weighted by Gasteiger charge is 2.42. The molecule has 1 amide bonds. The second-order valence-electron chi connectivity index (χ2n) is 6.30. The van der Waals surface area contributed by atoms with E-state index in [0.29, 0.717) is 6.42 Å². The van der Waals surface area contributed by atoms with Crippen molar-refractivity contribution in [1.82, 2.24) is 4.90 Å². The summed E-state index contributed by atoms with van der Waals surface area (Å²) in [6, 6.07) is 1.82. The molecule has 1 N–H and O–H groups in total. The lowest BCUT2D eigenvalue weighted by Crippen LogP contribution is -2.28.